The number of sulfonamides is 1. The number of rotatable bonds is 5. The molecule has 0 saturated heterocycles. The van der Waals surface area contributed by atoms with Crippen LogP contribution in [0.15, 0.2) is 47.4 Å². The summed E-state index contributed by atoms with van der Waals surface area (Å²) in [6.07, 6.45) is 5.03. The zero-order valence-corrected chi connectivity index (χ0v) is 15.5. The maximum absolute atomic E-state index is 13.1. The van der Waals surface area contributed by atoms with E-state index < -0.39 is 10.0 Å². The van der Waals surface area contributed by atoms with Crippen LogP contribution in [-0.2, 0) is 10.0 Å². The number of aromatic amines is 1. The smallest absolute Gasteiger partial charge is 0.240 e. The molecule has 2 aromatic carbocycles. The van der Waals surface area contributed by atoms with Crippen molar-refractivity contribution in [3.63, 3.8) is 0 Å². The number of nitrogens with zero attached hydrogens (tertiary/aromatic N) is 1. The molecular formula is C19H21FN4O2S. The second kappa shape index (κ2) is 7.28. The molecule has 0 aliphatic heterocycles. The van der Waals surface area contributed by atoms with Crippen LogP contribution in [0.4, 0.5) is 15.9 Å². The average molecular weight is 388 g/mol. The van der Waals surface area contributed by atoms with Gasteiger partial charge in [0.25, 0.3) is 0 Å². The highest BCUT2D eigenvalue weighted by atomic mass is 32.2. The molecule has 0 bridgehead atoms. The molecule has 3 N–H and O–H groups in total. The van der Waals surface area contributed by atoms with Crippen LogP contribution in [0, 0.1) is 5.82 Å². The molecule has 0 unspecified atom stereocenters. The lowest BCUT2D eigenvalue weighted by atomic mass is 9.96. The molecule has 142 valence electrons. The number of H-pyrrole nitrogens is 1. The normalized spacial score (nSPS) is 15.9. The Morgan fingerprint density at radius 2 is 1.78 bits per heavy atom. The van der Waals surface area contributed by atoms with Gasteiger partial charge in [0, 0.05) is 17.1 Å². The Morgan fingerprint density at radius 3 is 2.52 bits per heavy atom. The molecule has 1 fully saturated rings. The van der Waals surface area contributed by atoms with Crippen molar-refractivity contribution in [2.24, 2.45) is 0 Å². The topological polar surface area (TPSA) is 86.9 Å². The maximum Gasteiger partial charge on any atom is 0.240 e. The monoisotopic (exact) mass is 388 g/mol. The van der Waals surface area contributed by atoms with E-state index in [1.54, 1.807) is 30.3 Å². The van der Waals surface area contributed by atoms with Gasteiger partial charge in [-0.3, -0.25) is 5.10 Å². The maximum atomic E-state index is 13.1. The van der Waals surface area contributed by atoms with Gasteiger partial charge in [-0.15, -0.1) is 0 Å². The third kappa shape index (κ3) is 3.96. The van der Waals surface area contributed by atoms with Crippen molar-refractivity contribution in [3.05, 3.63) is 48.3 Å². The number of nitrogens with one attached hydrogen (secondary N) is 3. The molecule has 1 aromatic heterocycles. The van der Waals surface area contributed by atoms with Gasteiger partial charge < -0.3 is 5.32 Å². The zero-order chi connectivity index (χ0) is 18.9. The molecular weight excluding hydrogens is 367 g/mol. The first-order chi connectivity index (χ1) is 13.0. The fourth-order valence-corrected chi connectivity index (χ4v) is 4.76. The number of hydrogen-bond donors (Lipinski definition) is 3. The molecule has 6 nitrogen and oxygen atoms in total. The minimum atomic E-state index is -3.59. The number of aromatic nitrogens is 2. The summed E-state index contributed by atoms with van der Waals surface area (Å²) in [5.41, 5.74) is 1.38. The first-order valence-electron chi connectivity index (χ1n) is 9.04. The summed E-state index contributed by atoms with van der Waals surface area (Å²) in [6, 6.07) is 10.8. The number of benzene rings is 2. The minimum Gasteiger partial charge on any atom is -0.338 e. The Kier molecular flexibility index (Phi) is 4.84. The molecule has 1 heterocycles. The van der Waals surface area contributed by atoms with Crippen molar-refractivity contribution in [1.29, 1.82) is 0 Å². The standard InChI is InChI=1S/C19H21FN4O2S/c20-13-6-8-14(9-7-13)21-19-17-12-16(10-11-18(17)22-23-19)27(25,26)24-15-4-2-1-3-5-15/h6-12,15,24H,1-5H2,(H2,21,22,23). The largest absolute Gasteiger partial charge is 0.338 e. The molecule has 4 rings (SSSR count). The van der Waals surface area contributed by atoms with Crippen LogP contribution in [0.3, 0.4) is 0 Å². The summed E-state index contributed by atoms with van der Waals surface area (Å²) in [5.74, 6) is 0.168. The van der Waals surface area contributed by atoms with E-state index in [-0.39, 0.29) is 16.8 Å². The van der Waals surface area contributed by atoms with Gasteiger partial charge in [0.1, 0.15) is 5.82 Å². The van der Waals surface area contributed by atoms with Gasteiger partial charge >= 0.3 is 0 Å². The SMILES string of the molecule is O=S(=O)(NC1CCCCC1)c1ccc2[nH]nc(Nc3ccc(F)cc3)c2c1. The lowest BCUT2D eigenvalue weighted by molar-refractivity contribution is 0.412. The van der Waals surface area contributed by atoms with E-state index >= 15 is 0 Å². The lowest BCUT2D eigenvalue weighted by Gasteiger charge is -2.22. The summed E-state index contributed by atoms with van der Waals surface area (Å²) in [6.45, 7) is 0. The van der Waals surface area contributed by atoms with Crippen molar-refractivity contribution in [1.82, 2.24) is 14.9 Å². The van der Waals surface area contributed by atoms with Crippen molar-refractivity contribution in [3.8, 4) is 0 Å². The quantitative estimate of drug-likeness (QED) is 0.615. The van der Waals surface area contributed by atoms with Crippen LogP contribution >= 0.6 is 0 Å². The Hall–Kier alpha value is -2.45. The number of halogens is 1. The van der Waals surface area contributed by atoms with Gasteiger partial charge in [0.05, 0.1) is 10.4 Å². The molecule has 0 atom stereocenters. The second-order valence-corrected chi connectivity index (χ2v) is 8.58. The van der Waals surface area contributed by atoms with Crippen LogP contribution in [0.25, 0.3) is 10.9 Å². The third-order valence-corrected chi connectivity index (χ3v) is 6.40. The molecule has 0 radical (unpaired) electrons. The summed E-state index contributed by atoms with van der Waals surface area (Å²) < 4.78 is 41.4. The molecule has 0 amide bonds. The predicted molar refractivity (Wildman–Crippen MR) is 103 cm³/mol. The Balaban J connectivity index is 1.61. The Morgan fingerprint density at radius 1 is 1.04 bits per heavy atom. The summed E-state index contributed by atoms with van der Waals surface area (Å²) >= 11 is 0. The van der Waals surface area contributed by atoms with E-state index in [9.17, 15) is 12.8 Å². The molecule has 1 aliphatic rings. The summed E-state index contributed by atoms with van der Waals surface area (Å²) in [5, 5.41) is 10.8. The van der Waals surface area contributed by atoms with Crippen LogP contribution in [0.2, 0.25) is 0 Å². The van der Waals surface area contributed by atoms with E-state index in [2.05, 4.69) is 20.2 Å². The van der Waals surface area contributed by atoms with Crippen molar-refractivity contribution in [2.75, 3.05) is 5.32 Å². The summed E-state index contributed by atoms with van der Waals surface area (Å²) in [4.78, 5) is 0.212. The van der Waals surface area contributed by atoms with Gasteiger partial charge in [0.2, 0.25) is 10.0 Å². The highest BCUT2D eigenvalue weighted by Gasteiger charge is 2.22. The highest BCUT2D eigenvalue weighted by molar-refractivity contribution is 7.89. The van der Waals surface area contributed by atoms with Gasteiger partial charge in [-0.2, -0.15) is 5.10 Å². The van der Waals surface area contributed by atoms with Gasteiger partial charge in [0.15, 0.2) is 5.82 Å². The molecule has 1 saturated carbocycles. The number of anilines is 2. The molecule has 27 heavy (non-hydrogen) atoms. The molecule has 8 heteroatoms. The fraction of sp³-hybridized carbons (Fsp3) is 0.316. The van der Waals surface area contributed by atoms with Crippen molar-refractivity contribution in [2.45, 2.75) is 43.0 Å². The minimum absolute atomic E-state index is 0.000562. The van der Waals surface area contributed by atoms with Crippen LogP contribution in [0.1, 0.15) is 32.1 Å². The number of hydrogen-bond acceptors (Lipinski definition) is 4. The van der Waals surface area contributed by atoms with Gasteiger partial charge in [-0.25, -0.2) is 17.5 Å². The van der Waals surface area contributed by atoms with Crippen molar-refractivity contribution >= 4 is 32.4 Å². The molecule has 3 aromatic rings. The number of fused-ring (bicyclic) bond motifs is 1. The molecule has 0 spiro atoms. The Bertz CT molecular complexity index is 1040. The summed E-state index contributed by atoms with van der Waals surface area (Å²) in [7, 11) is -3.59. The highest BCUT2D eigenvalue weighted by Crippen LogP contribution is 2.27. The molecule has 1 aliphatic carbocycles. The van der Waals surface area contributed by atoms with E-state index in [0.29, 0.717) is 16.9 Å². The van der Waals surface area contributed by atoms with Crippen molar-refractivity contribution < 1.29 is 12.8 Å². The first kappa shape index (κ1) is 17.9. The lowest BCUT2D eigenvalue weighted by Crippen LogP contribution is -2.36. The van der Waals surface area contributed by atoms with Crippen LogP contribution in [-0.4, -0.2) is 24.7 Å². The van der Waals surface area contributed by atoms with E-state index in [1.807, 2.05) is 0 Å². The van der Waals surface area contributed by atoms with Crippen LogP contribution in [0.5, 0.6) is 0 Å². The van der Waals surface area contributed by atoms with Gasteiger partial charge in [-0.05, 0) is 55.3 Å². The third-order valence-electron chi connectivity index (χ3n) is 4.88. The first-order valence-corrected chi connectivity index (χ1v) is 10.5. The second-order valence-electron chi connectivity index (χ2n) is 6.87. The average Bonchev–Trinajstić information content (AvgIpc) is 3.06. The van der Waals surface area contributed by atoms with E-state index in [0.717, 1.165) is 37.6 Å². The fourth-order valence-electron chi connectivity index (χ4n) is 3.43. The zero-order valence-electron chi connectivity index (χ0n) is 14.7. The van der Waals surface area contributed by atoms with Crippen LogP contribution < -0.4 is 10.0 Å². The predicted octanol–water partition coefficient (Wildman–Crippen LogP) is 4.06. The van der Waals surface area contributed by atoms with E-state index in [1.165, 1.54) is 12.1 Å². The Labute approximate surface area is 157 Å². The van der Waals surface area contributed by atoms with Gasteiger partial charge in [-0.1, -0.05) is 19.3 Å². The van der Waals surface area contributed by atoms with E-state index in [4.69, 9.17) is 0 Å².